The second kappa shape index (κ2) is 4.31. The van der Waals surface area contributed by atoms with Gasteiger partial charge in [-0.15, -0.1) is 0 Å². The highest BCUT2D eigenvalue weighted by Crippen LogP contribution is 2.25. The van der Waals surface area contributed by atoms with Crippen molar-refractivity contribution in [3.63, 3.8) is 0 Å². The summed E-state index contributed by atoms with van der Waals surface area (Å²) in [6.45, 7) is 4.12. The summed E-state index contributed by atoms with van der Waals surface area (Å²) < 4.78 is 5.63. The molecule has 96 valence electrons. The van der Waals surface area contributed by atoms with E-state index in [9.17, 15) is 0 Å². The van der Waals surface area contributed by atoms with E-state index in [0.29, 0.717) is 11.7 Å². The van der Waals surface area contributed by atoms with E-state index in [0.717, 1.165) is 22.4 Å². The smallest absolute Gasteiger partial charge is 0.300 e. The van der Waals surface area contributed by atoms with Crippen LogP contribution >= 0.6 is 0 Å². The Morgan fingerprint density at radius 2 is 1.95 bits per heavy atom. The number of fused-ring (bicyclic) bond motifs is 1. The summed E-state index contributed by atoms with van der Waals surface area (Å²) in [4.78, 5) is 4.37. The maximum atomic E-state index is 5.72. The molecule has 1 aromatic heterocycles. The van der Waals surface area contributed by atoms with E-state index < -0.39 is 0 Å². The molecule has 0 atom stereocenters. The topological polar surface area (TPSA) is 64.1 Å². The van der Waals surface area contributed by atoms with Crippen LogP contribution in [0.1, 0.15) is 11.1 Å². The van der Waals surface area contributed by atoms with Gasteiger partial charge in [-0.25, -0.2) is 0 Å². The lowest BCUT2D eigenvalue weighted by Gasteiger charge is -2.06. The van der Waals surface area contributed by atoms with Crippen LogP contribution in [0.3, 0.4) is 0 Å². The zero-order chi connectivity index (χ0) is 13.4. The third-order valence-corrected chi connectivity index (χ3v) is 3.04. The molecule has 4 nitrogen and oxygen atoms in total. The summed E-state index contributed by atoms with van der Waals surface area (Å²) in [7, 11) is 0. The van der Waals surface area contributed by atoms with Crippen molar-refractivity contribution in [1.29, 1.82) is 0 Å². The third kappa shape index (κ3) is 2.25. The van der Waals surface area contributed by atoms with Crippen LogP contribution in [0.5, 0.6) is 0 Å². The summed E-state index contributed by atoms with van der Waals surface area (Å²) in [6.07, 6.45) is 0. The van der Waals surface area contributed by atoms with E-state index >= 15 is 0 Å². The third-order valence-electron chi connectivity index (χ3n) is 3.04. The molecule has 2 aromatic carbocycles. The molecule has 0 aliphatic heterocycles. The minimum absolute atomic E-state index is 0.479. The number of hydrogen-bond acceptors (Lipinski definition) is 4. The Morgan fingerprint density at radius 3 is 2.74 bits per heavy atom. The van der Waals surface area contributed by atoms with Gasteiger partial charge in [-0.1, -0.05) is 17.7 Å². The molecular formula is C15H15N3O. The van der Waals surface area contributed by atoms with Crippen molar-refractivity contribution >= 4 is 28.5 Å². The first-order valence-electron chi connectivity index (χ1n) is 6.12. The zero-order valence-electron chi connectivity index (χ0n) is 10.9. The van der Waals surface area contributed by atoms with Gasteiger partial charge >= 0.3 is 0 Å². The Hall–Kier alpha value is -2.49. The van der Waals surface area contributed by atoms with Crippen LogP contribution in [0, 0.1) is 13.8 Å². The number of benzene rings is 2. The second-order valence-corrected chi connectivity index (χ2v) is 4.69. The van der Waals surface area contributed by atoms with Gasteiger partial charge in [0.25, 0.3) is 6.01 Å². The van der Waals surface area contributed by atoms with Crippen LogP contribution in [0.15, 0.2) is 40.8 Å². The Morgan fingerprint density at radius 1 is 1.11 bits per heavy atom. The fourth-order valence-corrected chi connectivity index (χ4v) is 2.07. The van der Waals surface area contributed by atoms with Crippen molar-refractivity contribution in [2.45, 2.75) is 13.8 Å². The van der Waals surface area contributed by atoms with Gasteiger partial charge in [-0.2, -0.15) is 4.98 Å². The predicted molar refractivity (Wildman–Crippen MR) is 77.6 cm³/mol. The van der Waals surface area contributed by atoms with Gasteiger partial charge < -0.3 is 15.5 Å². The van der Waals surface area contributed by atoms with E-state index in [1.54, 1.807) is 12.1 Å². The largest absolute Gasteiger partial charge is 0.423 e. The molecule has 4 heteroatoms. The number of nitrogens with two attached hydrogens (primary N) is 1. The van der Waals surface area contributed by atoms with Crippen molar-refractivity contribution in [3.05, 3.63) is 47.5 Å². The van der Waals surface area contributed by atoms with Crippen LogP contribution in [0.25, 0.3) is 11.1 Å². The highest BCUT2D eigenvalue weighted by molar-refractivity contribution is 5.79. The minimum Gasteiger partial charge on any atom is -0.423 e. The van der Waals surface area contributed by atoms with Crippen LogP contribution < -0.4 is 11.1 Å². The molecule has 0 radical (unpaired) electrons. The molecule has 0 saturated heterocycles. The van der Waals surface area contributed by atoms with Gasteiger partial charge in [0.1, 0.15) is 5.52 Å². The van der Waals surface area contributed by atoms with E-state index in [2.05, 4.69) is 36.3 Å². The van der Waals surface area contributed by atoms with Gasteiger partial charge in [-0.3, -0.25) is 0 Å². The Kier molecular flexibility index (Phi) is 2.63. The molecule has 0 saturated carbocycles. The Labute approximate surface area is 111 Å². The molecule has 3 aromatic rings. The van der Waals surface area contributed by atoms with Crippen molar-refractivity contribution in [1.82, 2.24) is 4.98 Å². The SMILES string of the molecule is Cc1ccc(Nc2nc3cc(N)ccc3o2)c(C)c1. The molecular weight excluding hydrogens is 238 g/mol. The van der Waals surface area contributed by atoms with Crippen LogP contribution in [0.2, 0.25) is 0 Å². The number of aromatic nitrogens is 1. The summed E-state index contributed by atoms with van der Waals surface area (Å²) in [6, 6.07) is 12.1. The van der Waals surface area contributed by atoms with Gasteiger partial charge in [0.05, 0.1) is 0 Å². The first kappa shape index (κ1) is 11.6. The zero-order valence-corrected chi connectivity index (χ0v) is 10.9. The van der Waals surface area contributed by atoms with E-state index in [1.165, 1.54) is 5.56 Å². The maximum Gasteiger partial charge on any atom is 0.300 e. The number of hydrogen-bond donors (Lipinski definition) is 2. The Balaban J connectivity index is 1.96. The normalized spacial score (nSPS) is 10.8. The molecule has 1 heterocycles. The number of anilines is 3. The average molecular weight is 253 g/mol. The second-order valence-electron chi connectivity index (χ2n) is 4.69. The van der Waals surface area contributed by atoms with Gasteiger partial charge in [0.15, 0.2) is 5.58 Å². The van der Waals surface area contributed by atoms with E-state index in [4.69, 9.17) is 10.2 Å². The van der Waals surface area contributed by atoms with Crippen molar-refractivity contribution in [3.8, 4) is 0 Å². The molecule has 3 rings (SSSR count). The molecule has 0 aliphatic rings. The molecule has 0 aliphatic carbocycles. The number of oxazole rings is 1. The summed E-state index contributed by atoms with van der Waals surface area (Å²) >= 11 is 0. The quantitative estimate of drug-likeness (QED) is 0.682. The number of aryl methyl sites for hydroxylation is 2. The number of nitrogen functional groups attached to an aromatic ring is 1. The summed E-state index contributed by atoms with van der Waals surface area (Å²) in [5.41, 5.74) is 11.3. The standard InChI is InChI=1S/C15H15N3O/c1-9-3-5-12(10(2)7-9)17-15-18-13-8-11(16)4-6-14(13)19-15/h3-8H,16H2,1-2H3,(H,17,18). The predicted octanol–water partition coefficient (Wildman–Crippen LogP) is 3.77. The van der Waals surface area contributed by atoms with Crippen LogP contribution in [0.4, 0.5) is 17.4 Å². The molecule has 0 unspecified atom stereocenters. The molecule has 0 bridgehead atoms. The molecule has 0 amide bonds. The minimum atomic E-state index is 0.479. The van der Waals surface area contributed by atoms with Crippen LogP contribution in [-0.4, -0.2) is 4.98 Å². The highest BCUT2D eigenvalue weighted by Gasteiger charge is 2.07. The lowest BCUT2D eigenvalue weighted by molar-refractivity contribution is 0.623. The number of nitrogens with zero attached hydrogens (tertiary/aromatic N) is 1. The average Bonchev–Trinajstić information content (AvgIpc) is 2.74. The summed E-state index contributed by atoms with van der Waals surface area (Å²) in [5, 5.41) is 3.19. The van der Waals surface area contributed by atoms with Crippen molar-refractivity contribution in [2.24, 2.45) is 0 Å². The fourth-order valence-electron chi connectivity index (χ4n) is 2.07. The Bertz CT molecular complexity index is 746. The molecule has 3 N–H and O–H groups in total. The maximum absolute atomic E-state index is 5.72. The molecule has 0 fully saturated rings. The van der Waals surface area contributed by atoms with Crippen molar-refractivity contribution in [2.75, 3.05) is 11.1 Å². The summed E-state index contributed by atoms with van der Waals surface area (Å²) in [5.74, 6) is 0. The van der Waals surface area contributed by atoms with E-state index in [-0.39, 0.29) is 0 Å². The first-order chi connectivity index (χ1) is 9.11. The van der Waals surface area contributed by atoms with Gasteiger partial charge in [-0.05, 0) is 43.7 Å². The fraction of sp³-hybridized carbons (Fsp3) is 0.133. The monoisotopic (exact) mass is 253 g/mol. The molecule has 0 spiro atoms. The van der Waals surface area contributed by atoms with E-state index in [1.807, 2.05) is 12.1 Å². The van der Waals surface area contributed by atoms with Gasteiger partial charge in [0.2, 0.25) is 0 Å². The number of rotatable bonds is 2. The molecule has 19 heavy (non-hydrogen) atoms. The highest BCUT2D eigenvalue weighted by atomic mass is 16.4. The van der Waals surface area contributed by atoms with Crippen molar-refractivity contribution < 1.29 is 4.42 Å². The lowest BCUT2D eigenvalue weighted by atomic mass is 10.1. The lowest BCUT2D eigenvalue weighted by Crippen LogP contribution is -1.93. The van der Waals surface area contributed by atoms with Crippen LogP contribution in [-0.2, 0) is 0 Å². The van der Waals surface area contributed by atoms with Gasteiger partial charge in [0, 0.05) is 11.4 Å². The number of nitrogens with one attached hydrogen (secondary N) is 1. The first-order valence-corrected chi connectivity index (χ1v) is 6.12.